The van der Waals surface area contributed by atoms with E-state index in [0.29, 0.717) is 12.3 Å². The maximum Gasteiger partial charge on any atom is 0.248 e. The average Bonchev–Trinajstić information content (AvgIpc) is 2.47. The third kappa shape index (κ3) is 2.91. The topological polar surface area (TPSA) is 62.5 Å². The first-order valence-corrected chi connectivity index (χ1v) is 4.10. The Bertz CT molecular complexity index is 291. The Morgan fingerprint density at radius 1 is 1.69 bits per heavy atom. The van der Waals surface area contributed by atoms with E-state index < -0.39 is 12.0 Å². The van der Waals surface area contributed by atoms with E-state index in [1.54, 1.807) is 6.07 Å². The lowest BCUT2D eigenvalue weighted by Gasteiger charge is -2.04. The van der Waals surface area contributed by atoms with Gasteiger partial charge in [0.1, 0.15) is 17.6 Å². The van der Waals surface area contributed by atoms with E-state index in [1.807, 2.05) is 13.0 Å². The van der Waals surface area contributed by atoms with Crippen LogP contribution in [0.4, 0.5) is 0 Å². The summed E-state index contributed by atoms with van der Waals surface area (Å²) in [6, 6.07) is 3.61. The van der Waals surface area contributed by atoms with Gasteiger partial charge in [0.05, 0.1) is 6.54 Å². The van der Waals surface area contributed by atoms with E-state index in [-0.39, 0.29) is 0 Å². The van der Waals surface area contributed by atoms with Gasteiger partial charge in [-0.25, -0.2) is 0 Å². The Hall–Kier alpha value is -1.29. The number of hydrogen-bond acceptors (Lipinski definition) is 3. The van der Waals surface area contributed by atoms with Crippen LogP contribution in [0.15, 0.2) is 16.5 Å². The predicted molar refractivity (Wildman–Crippen MR) is 47.0 cm³/mol. The van der Waals surface area contributed by atoms with Gasteiger partial charge in [-0.3, -0.25) is 4.79 Å². The van der Waals surface area contributed by atoms with Gasteiger partial charge in [-0.1, -0.05) is 0 Å². The number of carbonyl (C=O) groups is 1. The number of hydrogen-bond donors (Lipinski definition) is 2. The van der Waals surface area contributed by atoms with Crippen molar-refractivity contribution in [2.75, 3.05) is 0 Å². The van der Waals surface area contributed by atoms with E-state index in [9.17, 15) is 4.79 Å². The number of carbonyl (C=O) groups excluding carboxylic acids is 1. The van der Waals surface area contributed by atoms with Gasteiger partial charge in [0, 0.05) is 0 Å². The normalized spacial score (nSPS) is 12.5. The highest BCUT2D eigenvalue weighted by Crippen LogP contribution is 2.05. The lowest BCUT2D eigenvalue weighted by atomic mass is 10.3. The van der Waals surface area contributed by atoms with Crippen molar-refractivity contribution in [3.05, 3.63) is 23.7 Å². The molecular formula is C9H13NO3. The molecule has 1 heterocycles. The van der Waals surface area contributed by atoms with Crippen molar-refractivity contribution >= 4 is 5.91 Å². The van der Waals surface area contributed by atoms with Crippen LogP contribution in [0.2, 0.25) is 0 Å². The summed E-state index contributed by atoms with van der Waals surface area (Å²) in [5, 5.41) is 11.4. The number of aliphatic hydroxyl groups excluding tert-OH is 1. The van der Waals surface area contributed by atoms with Gasteiger partial charge in [0.25, 0.3) is 0 Å². The van der Waals surface area contributed by atoms with Gasteiger partial charge in [-0.15, -0.1) is 0 Å². The zero-order chi connectivity index (χ0) is 9.84. The van der Waals surface area contributed by atoms with Gasteiger partial charge >= 0.3 is 0 Å². The van der Waals surface area contributed by atoms with Crippen LogP contribution in [0.5, 0.6) is 0 Å². The van der Waals surface area contributed by atoms with Crippen LogP contribution in [-0.2, 0) is 11.3 Å². The molecule has 0 saturated heterocycles. The number of rotatable bonds is 3. The highest BCUT2D eigenvalue weighted by atomic mass is 16.3. The molecule has 1 aromatic rings. The molecule has 1 rings (SSSR count). The largest absolute Gasteiger partial charge is 0.465 e. The van der Waals surface area contributed by atoms with Gasteiger partial charge in [0.15, 0.2) is 0 Å². The molecule has 4 nitrogen and oxygen atoms in total. The number of amides is 1. The second kappa shape index (κ2) is 4.09. The monoisotopic (exact) mass is 183 g/mol. The average molecular weight is 183 g/mol. The first-order chi connectivity index (χ1) is 6.09. The van der Waals surface area contributed by atoms with Crippen LogP contribution in [0.25, 0.3) is 0 Å². The van der Waals surface area contributed by atoms with E-state index >= 15 is 0 Å². The first-order valence-electron chi connectivity index (χ1n) is 4.10. The molecule has 13 heavy (non-hydrogen) atoms. The Morgan fingerprint density at radius 2 is 2.38 bits per heavy atom. The third-order valence-electron chi connectivity index (χ3n) is 1.61. The Labute approximate surface area is 76.6 Å². The highest BCUT2D eigenvalue weighted by Gasteiger charge is 2.08. The molecule has 2 N–H and O–H groups in total. The van der Waals surface area contributed by atoms with Gasteiger partial charge < -0.3 is 14.8 Å². The molecule has 1 amide bonds. The molecule has 0 fully saturated rings. The summed E-state index contributed by atoms with van der Waals surface area (Å²) in [5.74, 6) is 1.10. The van der Waals surface area contributed by atoms with Crippen molar-refractivity contribution in [3.8, 4) is 0 Å². The van der Waals surface area contributed by atoms with Gasteiger partial charge in [-0.05, 0) is 26.0 Å². The molecule has 1 unspecified atom stereocenters. The second-order valence-electron chi connectivity index (χ2n) is 2.91. The Kier molecular flexibility index (Phi) is 3.08. The molecule has 0 radical (unpaired) electrons. The predicted octanol–water partition coefficient (Wildman–Crippen LogP) is 0.585. The summed E-state index contributed by atoms with van der Waals surface area (Å²) in [4.78, 5) is 10.9. The number of nitrogens with one attached hydrogen (secondary N) is 1. The highest BCUT2D eigenvalue weighted by molar-refractivity contribution is 5.79. The number of furan rings is 1. The number of aliphatic hydroxyl groups is 1. The van der Waals surface area contributed by atoms with Crippen molar-refractivity contribution in [3.63, 3.8) is 0 Å². The summed E-state index contributed by atoms with van der Waals surface area (Å²) in [7, 11) is 0. The summed E-state index contributed by atoms with van der Waals surface area (Å²) in [6.07, 6.45) is -0.976. The molecule has 72 valence electrons. The first kappa shape index (κ1) is 9.80. The maximum absolute atomic E-state index is 10.9. The van der Waals surface area contributed by atoms with Crippen LogP contribution in [0.1, 0.15) is 18.4 Å². The lowest BCUT2D eigenvalue weighted by Crippen LogP contribution is -2.31. The molecule has 0 aliphatic rings. The third-order valence-corrected chi connectivity index (χ3v) is 1.61. The minimum absolute atomic E-state index is 0.317. The fraction of sp³-hybridized carbons (Fsp3) is 0.444. The molecule has 0 aromatic carbocycles. The van der Waals surface area contributed by atoms with Crippen molar-refractivity contribution in [1.29, 1.82) is 0 Å². The Morgan fingerprint density at radius 3 is 2.85 bits per heavy atom. The molecule has 0 spiro atoms. The van der Waals surface area contributed by atoms with E-state index in [2.05, 4.69) is 5.32 Å². The van der Waals surface area contributed by atoms with Crippen LogP contribution >= 0.6 is 0 Å². The smallest absolute Gasteiger partial charge is 0.248 e. The molecule has 0 bridgehead atoms. The lowest BCUT2D eigenvalue weighted by molar-refractivity contribution is -0.128. The van der Waals surface area contributed by atoms with Crippen molar-refractivity contribution in [2.45, 2.75) is 26.5 Å². The zero-order valence-electron chi connectivity index (χ0n) is 7.70. The molecule has 1 aromatic heterocycles. The molecule has 0 saturated carbocycles. The summed E-state index contributed by atoms with van der Waals surface area (Å²) in [6.45, 7) is 3.57. The zero-order valence-corrected chi connectivity index (χ0v) is 7.70. The maximum atomic E-state index is 10.9. The minimum Gasteiger partial charge on any atom is -0.465 e. The van der Waals surface area contributed by atoms with Crippen LogP contribution in [-0.4, -0.2) is 17.1 Å². The molecule has 1 atom stereocenters. The summed E-state index contributed by atoms with van der Waals surface area (Å²) < 4.78 is 5.22. The number of aryl methyl sites for hydroxylation is 1. The Balaban J connectivity index is 2.39. The van der Waals surface area contributed by atoms with E-state index in [0.717, 1.165) is 5.76 Å². The molecule has 0 aliphatic heterocycles. The minimum atomic E-state index is -0.976. The summed E-state index contributed by atoms with van der Waals surface area (Å²) >= 11 is 0. The van der Waals surface area contributed by atoms with Crippen LogP contribution < -0.4 is 5.32 Å². The van der Waals surface area contributed by atoms with Crippen molar-refractivity contribution in [2.24, 2.45) is 0 Å². The van der Waals surface area contributed by atoms with E-state index in [4.69, 9.17) is 9.52 Å². The van der Waals surface area contributed by atoms with E-state index in [1.165, 1.54) is 6.92 Å². The van der Waals surface area contributed by atoms with Gasteiger partial charge in [0.2, 0.25) is 5.91 Å². The molecular weight excluding hydrogens is 170 g/mol. The van der Waals surface area contributed by atoms with Crippen LogP contribution in [0, 0.1) is 6.92 Å². The second-order valence-corrected chi connectivity index (χ2v) is 2.91. The fourth-order valence-corrected chi connectivity index (χ4v) is 0.902. The van der Waals surface area contributed by atoms with Gasteiger partial charge in [-0.2, -0.15) is 0 Å². The summed E-state index contributed by atoms with van der Waals surface area (Å²) in [5.41, 5.74) is 0. The van der Waals surface area contributed by atoms with Crippen molar-refractivity contribution in [1.82, 2.24) is 5.32 Å². The fourth-order valence-electron chi connectivity index (χ4n) is 0.902. The molecule has 4 heteroatoms. The SMILES string of the molecule is Cc1ccc(CNC(=O)C(C)O)o1. The quantitative estimate of drug-likeness (QED) is 0.720. The van der Waals surface area contributed by atoms with Crippen molar-refractivity contribution < 1.29 is 14.3 Å². The standard InChI is InChI=1S/C9H13NO3/c1-6-3-4-8(13-6)5-10-9(12)7(2)11/h3-4,7,11H,5H2,1-2H3,(H,10,12). The molecule has 0 aliphatic carbocycles. The van der Waals surface area contributed by atoms with Crippen LogP contribution in [0.3, 0.4) is 0 Å².